The van der Waals surface area contributed by atoms with Crippen molar-refractivity contribution < 1.29 is 9.68 Å². The highest BCUT2D eigenvalue weighted by Gasteiger charge is 2.10. The molecule has 25 heavy (non-hydrogen) atoms. The van der Waals surface area contributed by atoms with Crippen LogP contribution in [0.2, 0.25) is 0 Å². The monoisotopic (exact) mass is 323 g/mol. The predicted octanol–water partition coefficient (Wildman–Crippen LogP) is 5.08. The van der Waals surface area contributed by atoms with E-state index in [4.69, 9.17) is 9.68 Å². The molecule has 119 valence electrons. The molecule has 0 aliphatic heterocycles. The van der Waals surface area contributed by atoms with Crippen LogP contribution in [-0.4, -0.2) is 12.7 Å². The first-order valence-electron chi connectivity index (χ1n) is 8.17. The lowest BCUT2D eigenvalue weighted by molar-refractivity contribution is 0.454. The molecule has 4 rings (SSSR count). The molecule has 0 unspecified atom stereocenters. The Labute approximate surface area is 147 Å². The molecule has 1 radical (unpaired) electrons. The summed E-state index contributed by atoms with van der Waals surface area (Å²) in [5.41, 5.74) is 4.64. The van der Waals surface area contributed by atoms with E-state index in [1.54, 1.807) is 0 Å². The average molecular weight is 323 g/mol. The first-order chi connectivity index (χ1) is 12.4. The zero-order chi connectivity index (χ0) is 17.1. The number of hydrogen-bond acceptors (Lipinski definition) is 2. The van der Waals surface area contributed by atoms with E-state index >= 15 is 0 Å². The molecule has 1 N–H and O–H groups in total. The van der Waals surface area contributed by atoms with E-state index in [0.717, 1.165) is 21.9 Å². The Morgan fingerprint density at radius 2 is 1.16 bits per heavy atom. The summed E-state index contributed by atoms with van der Waals surface area (Å²) in [5, 5.41) is 11.2. The van der Waals surface area contributed by atoms with Crippen LogP contribution in [0.4, 0.5) is 0 Å². The van der Waals surface area contributed by atoms with Crippen LogP contribution < -0.4 is 4.65 Å². The Hall–Kier alpha value is -3.04. The molecule has 3 heteroatoms. The number of benzene rings is 4. The fourth-order valence-electron chi connectivity index (χ4n) is 3.20. The maximum atomic E-state index is 8.96. The van der Waals surface area contributed by atoms with Gasteiger partial charge in [-0.15, -0.1) is 0 Å². The van der Waals surface area contributed by atoms with Gasteiger partial charge in [-0.05, 0) is 45.2 Å². The molecule has 0 aliphatic carbocycles. The number of fused-ring (bicyclic) bond motifs is 1. The molecule has 4 aromatic rings. The second-order valence-corrected chi connectivity index (χ2v) is 5.82. The van der Waals surface area contributed by atoms with E-state index < -0.39 is 0 Å². The van der Waals surface area contributed by atoms with E-state index in [1.807, 2.05) is 54.6 Å². The minimum absolute atomic E-state index is 0.609. The van der Waals surface area contributed by atoms with Crippen molar-refractivity contribution in [1.82, 2.24) is 0 Å². The molecule has 0 fully saturated rings. The molecule has 0 aliphatic rings. The highest BCUT2D eigenvalue weighted by molar-refractivity contribution is 6.17. The summed E-state index contributed by atoms with van der Waals surface area (Å²) in [4.78, 5) is 0. The fraction of sp³-hybridized carbons (Fsp3) is 0. The molecule has 0 amide bonds. The standard InChI is InChI=1S/C22H16BO2/c24-23-25-18-11-12-21-19(16-7-3-1-4-8-16)13-14-20(22(21)15-18)17-9-5-2-6-10-17/h1-15,24H. The minimum Gasteiger partial charge on any atom is -0.537 e. The SMILES string of the molecule is O[B]Oc1ccc2c(-c3ccccc3)ccc(-c3ccccc3)c2c1. The molecule has 0 saturated carbocycles. The predicted molar refractivity (Wildman–Crippen MR) is 103 cm³/mol. The minimum atomic E-state index is 0.609. The van der Waals surface area contributed by atoms with Gasteiger partial charge in [0.1, 0.15) is 5.75 Å². The molecule has 0 aromatic heterocycles. The van der Waals surface area contributed by atoms with Crippen molar-refractivity contribution in [3.05, 3.63) is 91.0 Å². The van der Waals surface area contributed by atoms with Gasteiger partial charge in [0, 0.05) is 0 Å². The highest BCUT2D eigenvalue weighted by atomic mass is 16.5. The Morgan fingerprint density at radius 3 is 1.72 bits per heavy atom. The topological polar surface area (TPSA) is 29.5 Å². The van der Waals surface area contributed by atoms with Crippen molar-refractivity contribution in [2.45, 2.75) is 0 Å². The van der Waals surface area contributed by atoms with Gasteiger partial charge >= 0.3 is 7.69 Å². The van der Waals surface area contributed by atoms with Crippen LogP contribution in [0, 0.1) is 0 Å². The maximum absolute atomic E-state index is 8.96. The number of hydrogen-bond donors (Lipinski definition) is 1. The van der Waals surface area contributed by atoms with Gasteiger partial charge in [0.25, 0.3) is 0 Å². The summed E-state index contributed by atoms with van der Waals surface area (Å²) in [6, 6.07) is 30.8. The zero-order valence-electron chi connectivity index (χ0n) is 13.6. The second kappa shape index (κ2) is 6.84. The van der Waals surface area contributed by atoms with Gasteiger partial charge in [0.2, 0.25) is 0 Å². The molecule has 0 bridgehead atoms. The third-order valence-electron chi connectivity index (χ3n) is 4.35. The second-order valence-electron chi connectivity index (χ2n) is 5.82. The van der Waals surface area contributed by atoms with Crippen molar-refractivity contribution in [2.24, 2.45) is 0 Å². The molecular weight excluding hydrogens is 307 g/mol. The zero-order valence-corrected chi connectivity index (χ0v) is 13.6. The van der Waals surface area contributed by atoms with Gasteiger partial charge in [0.15, 0.2) is 0 Å². The largest absolute Gasteiger partial charge is 0.569 e. The average Bonchev–Trinajstić information content (AvgIpc) is 2.69. The third-order valence-corrected chi connectivity index (χ3v) is 4.35. The molecule has 4 aromatic carbocycles. The van der Waals surface area contributed by atoms with Crippen LogP contribution in [0.1, 0.15) is 0 Å². The fourth-order valence-corrected chi connectivity index (χ4v) is 3.20. The smallest absolute Gasteiger partial charge is 0.537 e. The van der Waals surface area contributed by atoms with Crippen LogP contribution in [-0.2, 0) is 0 Å². The molecule has 0 spiro atoms. The van der Waals surface area contributed by atoms with Crippen molar-refractivity contribution in [3.8, 4) is 28.0 Å². The van der Waals surface area contributed by atoms with Crippen LogP contribution in [0.15, 0.2) is 91.0 Å². The molecule has 0 atom stereocenters. The lowest BCUT2D eigenvalue weighted by atomic mass is 9.92. The van der Waals surface area contributed by atoms with E-state index in [9.17, 15) is 0 Å². The molecule has 0 heterocycles. The van der Waals surface area contributed by atoms with Gasteiger partial charge in [0.05, 0.1) is 0 Å². The first kappa shape index (κ1) is 15.5. The number of rotatable bonds is 4. The van der Waals surface area contributed by atoms with Gasteiger partial charge in [-0.25, -0.2) is 0 Å². The summed E-state index contributed by atoms with van der Waals surface area (Å²) >= 11 is 0. The van der Waals surface area contributed by atoms with Gasteiger partial charge in [-0.1, -0.05) is 78.9 Å². The summed E-state index contributed by atoms with van der Waals surface area (Å²) in [6.07, 6.45) is 0. The lowest BCUT2D eigenvalue weighted by Gasteiger charge is -2.13. The quantitative estimate of drug-likeness (QED) is 0.531. The summed E-state index contributed by atoms with van der Waals surface area (Å²) in [7, 11) is 0.713. The van der Waals surface area contributed by atoms with Gasteiger partial charge < -0.3 is 9.68 Å². The highest BCUT2D eigenvalue weighted by Crippen LogP contribution is 2.37. The normalized spacial score (nSPS) is 10.6. The van der Waals surface area contributed by atoms with E-state index in [1.165, 1.54) is 11.1 Å². The maximum Gasteiger partial charge on any atom is 0.569 e. The van der Waals surface area contributed by atoms with E-state index in [-0.39, 0.29) is 0 Å². The summed E-state index contributed by atoms with van der Waals surface area (Å²) < 4.78 is 5.18. The molecule has 2 nitrogen and oxygen atoms in total. The van der Waals surface area contributed by atoms with E-state index in [2.05, 4.69) is 36.4 Å². The van der Waals surface area contributed by atoms with Crippen molar-refractivity contribution >= 4 is 18.5 Å². The van der Waals surface area contributed by atoms with Crippen LogP contribution >= 0.6 is 0 Å². The Morgan fingerprint density at radius 1 is 0.600 bits per heavy atom. The summed E-state index contributed by atoms with van der Waals surface area (Å²) in [5.74, 6) is 0.609. The van der Waals surface area contributed by atoms with Crippen LogP contribution in [0.5, 0.6) is 5.75 Å². The first-order valence-corrected chi connectivity index (χ1v) is 8.17. The van der Waals surface area contributed by atoms with Crippen LogP contribution in [0.25, 0.3) is 33.0 Å². The Kier molecular flexibility index (Phi) is 4.24. The Bertz CT molecular complexity index is 998. The van der Waals surface area contributed by atoms with Crippen molar-refractivity contribution in [2.75, 3.05) is 0 Å². The summed E-state index contributed by atoms with van der Waals surface area (Å²) in [6.45, 7) is 0. The third kappa shape index (κ3) is 3.02. The van der Waals surface area contributed by atoms with Crippen molar-refractivity contribution in [1.29, 1.82) is 0 Å². The van der Waals surface area contributed by atoms with Gasteiger partial charge in [-0.3, -0.25) is 0 Å². The van der Waals surface area contributed by atoms with Crippen LogP contribution in [0.3, 0.4) is 0 Å². The molecular formula is C22H16BO2. The van der Waals surface area contributed by atoms with Crippen molar-refractivity contribution in [3.63, 3.8) is 0 Å². The van der Waals surface area contributed by atoms with Gasteiger partial charge in [-0.2, -0.15) is 0 Å². The molecule has 0 saturated heterocycles. The lowest BCUT2D eigenvalue weighted by Crippen LogP contribution is -1.99. The van der Waals surface area contributed by atoms with E-state index in [0.29, 0.717) is 13.4 Å². The Balaban J connectivity index is 1.99.